The number of ether oxygens (including phenoxy) is 2. The SMILES string of the molecule is CO[C@@H]1CC[C@@]2(C)[C@H](CC[C@H]3[C@@H]4CCC5(CC(C)=C4C[C@@H]32)O[C@@H]2C[C@H](C)CN[C@H]2[C@H]5C)C1. The Balaban J connectivity index is 1.26. The van der Waals surface area contributed by atoms with Gasteiger partial charge in [-0.3, -0.25) is 0 Å². The van der Waals surface area contributed by atoms with E-state index in [1.807, 2.05) is 12.7 Å². The van der Waals surface area contributed by atoms with Gasteiger partial charge in [-0.1, -0.05) is 31.9 Å². The summed E-state index contributed by atoms with van der Waals surface area (Å²) in [5.41, 5.74) is 4.22. The number of methoxy groups -OCH3 is 1. The predicted octanol–water partition coefficient (Wildman–Crippen LogP) is 6.13. The lowest BCUT2D eigenvalue weighted by Crippen LogP contribution is -2.48. The zero-order valence-electron chi connectivity index (χ0n) is 21.3. The van der Waals surface area contributed by atoms with Crippen LogP contribution in [0.4, 0.5) is 0 Å². The highest BCUT2D eigenvalue weighted by Gasteiger charge is 2.59. The smallest absolute Gasteiger partial charge is 0.0765 e. The molecule has 180 valence electrons. The maximum absolute atomic E-state index is 7.05. The first-order valence-electron chi connectivity index (χ1n) is 14.0. The number of piperidine rings is 1. The number of fused-ring (bicyclic) bond motifs is 6. The molecule has 32 heavy (non-hydrogen) atoms. The minimum Gasteiger partial charge on any atom is -0.381 e. The summed E-state index contributed by atoms with van der Waals surface area (Å²) in [7, 11) is 1.93. The van der Waals surface area contributed by atoms with Crippen LogP contribution < -0.4 is 5.32 Å². The van der Waals surface area contributed by atoms with Crippen LogP contribution in [0.5, 0.6) is 0 Å². The molecule has 0 aromatic rings. The monoisotopic (exact) mass is 441 g/mol. The van der Waals surface area contributed by atoms with E-state index < -0.39 is 0 Å². The zero-order chi connectivity index (χ0) is 22.3. The van der Waals surface area contributed by atoms with Crippen molar-refractivity contribution in [3.05, 3.63) is 11.1 Å². The minimum absolute atomic E-state index is 0.0843. The van der Waals surface area contributed by atoms with Crippen molar-refractivity contribution in [2.24, 2.45) is 40.9 Å². The number of hydrogen-bond acceptors (Lipinski definition) is 3. The zero-order valence-corrected chi connectivity index (χ0v) is 21.3. The molecule has 0 aromatic heterocycles. The highest BCUT2D eigenvalue weighted by molar-refractivity contribution is 5.29. The number of rotatable bonds is 1. The van der Waals surface area contributed by atoms with E-state index in [2.05, 4.69) is 33.0 Å². The minimum atomic E-state index is 0.0843. The molecule has 2 saturated heterocycles. The van der Waals surface area contributed by atoms with E-state index in [4.69, 9.17) is 9.47 Å². The fraction of sp³-hybridized carbons (Fsp3) is 0.931. The number of nitrogens with one attached hydrogen (secondary N) is 1. The van der Waals surface area contributed by atoms with E-state index in [9.17, 15) is 0 Å². The third kappa shape index (κ3) is 3.16. The second kappa shape index (κ2) is 7.82. The molecular formula is C29H47NO2. The molecule has 5 fully saturated rings. The molecule has 0 aromatic carbocycles. The lowest BCUT2D eigenvalue weighted by Gasteiger charge is -2.54. The Morgan fingerprint density at radius 1 is 1.06 bits per heavy atom. The van der Waals surface area contributed by atoms with E-state index in [-0.39, 0.29) is 5.60 Å². The Hall–Kier alpha value is -0.380. The van der Waals surface area contributed by atoms with Gasteiger partial charge in [-0.05, 0) is 113 Å². The van der Waals surface area contributed by atoms with Gasteiger partial charge in [0.25, 0.3) is 0 Å². The van der Waals surface area contributed by atoms with Gasteiger partial charge in [-0.25, -0.2) is 0 Å². The van der Waals surface area contributed by atoms with Crippen LogP contribution in [-0.4, -0.2) is 37.5 Å². The van der Waals surface area contributed by atoms with Gasteiger partial charge in [0.15, 0.2) is 0 Å². The van der Waals surface area contributed by atoms with Crippen molar-refractivity contribution in [1.29, 1.82) is 0 Å². The molecule has 0 radical (unpaired) electrons. The highest BCUT2D eigenvalue weighted by Crippen LogP contribution is 2.65. The lowest BCUT2D eigenvalue weighted by molar-refractivity contribution is -0.0841. The molecule has 6 rings (SSSR count). The molecule has 1 spiro atoms. The summed E-state index contributed by atoms with van der Waals surface area (Å²) in [6, 6.07) is 0.569. The Morgan fingerprint density at radius 2 is 1.91 bits per heavy atom. The van der Waals surface area contributed by atoms with Crippen molar-refractivity contribution in [3.8, 4) is 0 Å². The third-order valence-corrected chi connectivity index (χ3v) is 11.9. The molecule has 1 unspecified atom stereocenters. The fourth-order valence-corrected chi connectivity index (χ4v) is 10.00. The molecule has 3 saturated carbocycles. The first kappa shape index (κ1) is 22.1. The van der Waals surface area contributed by atoms with Crippen molar-refractivity contribution >= 4 is 0 Å². The van der Waals surface area contributed by atoms with Gasteiger partial charge in [0.1, 0.15) is 0 Å². The Labute approximate surface area is 196 Å². The second-order valence-corrected chi connectivity index (χ2v) is 13.3. The molecule has 2 heterocycles. The van der Waals surface area contributed by atoms with Gasteiger partial charge in [0, 0.05) is 19.1 Å². The predicted molar refractivity (Wildman–Crippen MR) is 129 cm³/mol. The average Bonchev–Trinajstić information content (AvgIpc) is 3.23. The topological polar surface area (TPSA) is 30.5 Å². The van der Waals surface area contributed by atoms with Gasteiger partial charge in [0.05, 0.1) is 17.8 Å². The molecule has 3 nitrogen and oxygen atoms in total. The summed E-state index contributed by atoms with van der Waals surface area (Å²) in [6.07, 6.45) is 14.3. The summed E-state index contributed by atoms with van der Waals surface area (Å²) < 4.78 is 12.9. The molecule has 1 N–H and O–H groups in total. The van der Waals surface area contributed by atoms with Crippen LogP contribution in [0.25, 0.3) is 0 Å². The van der Waals surface area contributed by atoms with Crippen LogP contribution in [-0.2, 0) is 9.47 Å². The largest absolute Gasteiger partial charge is 0.381 e. The molecule has 6 aliphatic rings. The molecule has 2 aliphatic heterocycles. The van der Waals surface area contributed by atoms with Crippen molar-refractivity contribution in [2.45, 2.75) is 116 Å². The summed E-state index contributed by atoms with van der Waals surface area (Å²) >= 11 is 0. The molecular weight excluding hydrogens is 394 g/mol. The standard InChI is InChI=1S/C29H47NO2/c1-17-12-26-27(30-16-17)19(3)29(32-26)11-9-22-23-7-6-20-13-21(31-5)8-10-28(20,4)25(23)14-24(22)18(2)15-29/h17,19-23,25-27,30H,6-16H2,1-5H3/t17-,19+,20+,21+,22-,23-,25-,26+,27-,28-,29?/m0/s1. The van der Waals surface area contributed by atoms with E-state index in [0.717, 1.165) is 29.6 Å². The Kier molecular flexibility index (Phi) is 5.40. The van der Waals surface area contributed by atoms with Gasteiger partial charge >= 0.3 is 0 Å². The van der Waals surface area contributed by atoms with Crippen LogP contribution in [0.1, 0.15) is 91.9 Å². The van der Waals surface area contributed by atoms with E-state index in [1.165, 1.54) is 70.8 Å². The highest BCUT2D eigenvalue weighted by atomic mass is 16.5. The van der Waals surface area contributed by atoms with Crippen molar-refractivity contribution in [2.75, 3.05) is 13.7 Å². The van der Waals surface area contributed by atoms with E-state index in [0.29, 0.717) is 29.6 Å². The molecule has 0 bridgehead atoms. The fourth-order valence-electron chi connectivity index (χ4n) is 10.00. The normalized spacial score (nSPS) is 55.2. The van der Waals surface area contributed by atoms with Gasteiger partial charge in [0.2, 0.25) is 0 Å². The van der Waals surface area contributed by atoms with Crippen molar-refractivity contribution in [3.63, 3.8) is 0 Å². The average molecular weight is 442 g/mol. The first-order valence-corrected chi connectivity index (χ1v) is 14.0. The first-order chi connectivity index (χ1) is 15.3. The van der Waals surface area contributed by atoms with Crippen LogP contribution in [0, 0.1) is 40.9 Å². The van der Waals surface area contributed by atoms with Crippen LogP contribution in [0.3, 0.4) is 0 Å². The summed E-state index contributed by atoms with van der Waals surface area (Å²) in [5, 5.41) is 3.88. The maximum atomic E-state index is 7.05. The van der Waals surface area contributed by atoms with Crippen LogP contribution in [0.15, 0.2) is 11.1 Å². The van der Waals surface area contributed by atoms with Crippen LogP contribution in [0.2, 0.25) is 0 Å². The van der Waals surface area contributed by atoms with Crippen LogP contribution >= 0.6 is 0 Å². The molecule has 3 heteroatoms. The van der Waals surface area contributed by atoms with E-state index >= 15 is 0 Å². The van der Waals surface area contributed by atoms with Gasteiger partial charge < -0.3 is 14.8 Å². The third-order valence-electron chi connectivity index (χ3n) is 11.9. The molecule has 11 atom stereocenters. The maximum Gasteiger partial charge on any atom is 0.0765 e. The van der Waals surface area contributed by atoms with Gasteiger partial charge in [-0.15, -0.1) is 0 Å². The quantitative estimate of drug-likeness (QED) is 0.497. The molecule has 0 amide bonds. The molecule has 4 aliphatic carbocycles. The van der Waals surface area contributed by atoms with Crippen molar-refractivity contribution in [1.82, 2.24) is 5.32 Å². The summed E-state index contributed by atoms with van der Waals surface area (Å²) in [5.74, 6) is 4.92. The van der Waals surface area contributed by atoms with Gasteiger partial charge in [-0.2, -0.15) is 0 Å². The Bertz CT molecular complexity index is 777. The lowest BCUT2D eigenvalue weighted by atomic mass is 9.52. The Morgan fingerprint density at radius 3 is 2.72 bits per heavy atom. The number of allylic oxidation sites excluding steroid dienone is 1. The summed E-state index contributed by atoms with van der Waals surface area (Å²) in [4.78, 5) is 0. The number of hydrogen-bond donors (Lipinski definition) is 1. The van der Waals surface area contributed by atoms with Crippen molar-refractivity contribution < 1.29 is 9.47 Å². The van der Waals surface area contributed by atoms with E-state index in [1.54, 1.807) is 5.57 Å². The second-order valence-electron chi connectivity index (χ2n) is 13.3. The summed E-state index contributed by atoms with van der Waals surface area (Å²) in [6.45, 7) is 11.2.